The Bertz CT molecular complexity index is 828. The predicted octanol–water partition coefficient (Wildman–Crippen LogP) is 2.96. The summed E-state index contributed by atoms with van der Waals surface area (Å²) in [6.45, 7) is 3.53. The van der Waals surface area contributed by atoms with Crippen molar-refractivity contribution in [3.8, 4) is 5.75 Å². The number of fused-ring (bicyclic) bond motifs is 1. The van der Waals surface area contributed by atoms with E-state index < -0.39 is 17.9 Å². The Labute approximate surface area is 146 Å². The number of aromatic nitrogens is 1. The molecule has 0 saturated heterocycles. The van der Waals surface area contributed by atoms with Crippen molar-refractivity contribution in [2.45, 2.75) is 38.6 Å². The lowest BCUT2D eigenvalue weighted by Crippen LogP contribution is -2.44. The number of hydrogen-bond donors (Lipinski definition) is 2. The summed E-state index contributed by atoms with van der Waals surface area (Å²) in [5, 5.41) is 12.6. The highest BCUT2D eigenvalue weighted by atomic mass is 16.5. The maximum absolute atomic E-state index is 12.8. The lowest BCUT2D eigenvalue weighted by Gasteiger charge is -2.19. The summed E-state index contributed by atoms with van der Waals surface area (Å²) in [6.07, 6.45) is 2.14. The Morgan fingerprint density at radius 1 is 1.28 bits per heavy atom. The Morgan fingerprint density at radius 2 is 2.00 bits per heavy atom. The molecular formula is C19H22N2O4. The number of rotatable bonds is 6. The summed E-state index contributed by atoms with van der Waals surface area (Å²) in [4.78, 5) is 28.9. The first-order valence-corrected chi connectivity index (χ1v) is 8.43. The second-order valence-corrected chi connectivity index (χ2v) is 6.79. The van der Waals surface area contributed by atoms with Crippen molar-refractivity contribution in [1.29, 1.82) is 0 Å². The van der Waals surface area contributed by atoms with Crippen LogP contribution in [0.5, 0.6) is 5.75 Å². The highest BCUT2D eigenvalue weighted by molar-refractivity contribution is 6.07. The number of nitrogens with zero attached hydrogens (tertiary/aromatic N) is 1. The molecule has 0 spiro atoms. The number of aliphatic carboxylic acids is 1. The minimum Gasteiger partial charge on any atom is -0.497 e. The third-order valence-electron chi connectivity index (χ3n) is 4.50. The van der Waals surface area contributed by atoms with Crippen LogP contribution in [-0.4, -0.2) is 35.1 Å². The van der Waals surface area contributed by atoms with Crippen molar-refractivity contribution in [3.63, 3.8) is 0 Å². The molecule has 25 heavy (non-hydrogen) atoms. The Kier molecular flexibility index (Phi) is 4.61. The smallest absolute Gasteiger partial charge is 0.326 e. The average Bonchev–Trinajstić information content (AvgIpc) is 3.42. The van der Waals surface area contributed by atoms with E-state index in [0.29, 0.717) is 28.1 Å². The average molecular weight is 342 g/mol. The maximum atomic E-state index is 12.8. The molecule has 1 saturated carbocycles. The van der Waals surface area contributed by atoms with Crippen LogP contribution in [0.1, 0.15) is 48.7 Å². The van der Waals surface area contributed by atoms with Gasteiger partial charge in [0.15, 0.2) is 0 Å². The molecule has 1 unspecified atom stereocenters. The molecule has 1 aromatic heterocycles. The van der Waals surface area contributed by atoms with Gasteiger partial charge in [0.25, 0.3) is 5.91 Å². The van der Waals surface area contributed by atoms with Crippen molar-refractivity contribution in [1.82, 2.24) is 10.3 Å². The van der Waals surface area contributed by atoms with Gasteiger partial charge in [0.1, 0.15) is 11.8 Å². The summed E-state index contributed by atoms with van der Waals surface area (Å²) in [7, 11) is 1.56. The van der Waals surface area contributed by atoms with Crippen LogP contribution in [0.25, 0.3) is 10.9 Å². The fourth-order valence-electron chi connectivity index (χ4n) is 2.86. The van der Waals surface area contributed by atoms with Gasteiger partial charge in [-0.25, -0.2) is 4.79 Å². The Hall–Kier alpha value is -2.63. The number of amides is 1. The Morgan fingerprint density at radius 3 is 2.56 bits per heavy atom. The minimum absolute atomic E-state index is 0.216. The van der Waals surface area contributed by atoms with Gasteiger partial charge in [-0.1, -0.05) is 13.8 Å². The van der Waals surface area contributed by atoms with Crippen LogP contribution in [0.4, 0.5) is 0 Å². The molecule has 6 heteroatoms. The molecule has 1 amide bonds. The van der Waals surface area contributed by atoms with Crippen molar-refractivity contribution in [2.75, 3.05) is 7.11 Å². The van der Waals surface area contributed by atoms with Crippen LogP contribution < -0.4 is 10.1 Å². The molecule has 1 atom stereocenters. The van der Waals surface area contributed by atoms with E-state index in [2.05, 4.69) is 10.3 Å². The SMILES string of the molecule is COc1ccc2nc(C3CC3)cc(C(=O)NC(C(=O)O)C(C)C)c2c1. The van der Waals surface area contributed by atoms with Gasteiger partial charge in [0, 0.05) is 17.0 Å². The highest BCUT2D eigenvalue weighted by Gasteiger charge is 2.29. The minimum atomic E-state index is -1.04. The number of benzene rings is 1. The van der Waals surface area contributed by atoms with Crippen LogP contribution in [0.15, 0.2) is 24.3 Å². The lowest BCUT2D eigenvalue weighted by atomic mass is 10.0. The van der Waals surface area contributed by atoms with Gasteiger partial charge >= 0.3 is 5.97 Å². The first-order valence-electron chi connectivity index (χ1n) is 8.43. The molecule has 2 aromatic rings. The largest absolute Gasteiger partial charge is 0.497 e. The topological polar surface area (TPSA) is 88.5 Å². The van der Waals surface area contributed by atoms with E-state index >= 15 is 0 Å². The molecule has 6 nitrogen and oxygen atoms in total. The van der Waals surface area contributed by atoms with Crippen molar-refractivity contribution < 1.29 is 19.4 Å². The zero-order valence-corrected chi connectivity index (χ0v) is 14.6. The van der Waals surface area contributed by atoms with E-state index in [0.717, 1.165) is 18.5 Å². The lowest BCUT2D eigenvalue weighted by molar-refractivity contribution is -0.140. The zero-order valence-electron chi connectivity index (χ0n) is 14.6. The number of carboxylic acid groups (broad SMARTS) is 1. The molecule has 3 rings (SSSR count). The first-order chi connectivity index (χ1) is 11.9. The van der Waals surface area contributed by atoms with E-state index in [1.54, 1.807) is 33.1 Å². The number of methoxy groups -OCH3 is 1. The summed E-state index contributed by atoms with van der Waals surface area (Å²) in [5.41, 5.74) is 2.05. The van der Waals surface area contributed by atoms with Crippen LogP contribution in [0.2, 0.25) is 0 Å². The van der Waals surface area contributed by atoms with Crippen molar-refractivity contribution >= 4 is 22.8 Å². The fourth-order valence-corrected chi connectivity index (χ4v) is 2.86. The molecule has 0 bridgehead atoms. The van der Waals surface area contributed by atoms with Crippen molar-refractivity contribution in [2.24, 2.45) is 5.92 Å². The van der Waals surface area contributed by atoms with E-state index in [1.807, 2.05) is 12.1 Å². The van der Waals surface area contributed by atoms with E-state index in [1.165, 1.54) is 0 Å². The molecular weight excluding hydrogens is 320 g/mol. The van der Waals surface area contributed by atoms with E-state index in [-0.39, 0.29) is 5.92 Å². The predicted molar refractivity (Wildman–Crippen MR) is 94.0 cm³/mol. The molecule has 1 aromatic carbocycles. The molecule has 1 aliphatic carbocycles. The van der Waals surface area contributed by atoms with E-state index in [9.17, 15) is 14.7 Å². The zero-order chi connectivity index (χ0) is 18.1. The third kappa shape index (κ3) is 3.57. The van der Waals surface area contributed by atoms with Gasteiger partial charge in [0.05, 0.1) is 18.2 Å². The molecule has 1 heterocycles. The Balaban J connectivity index is 2.05. The van der Waals surface area contributed by atoms with Crippen LogP contribution in [0, 0.1) is 5.92 Å². The van der Waals surface area contributed by atoms with Crippen LogP contribution >= 0.6 is 0 Å². The standard InChI is InChI=1S/C19H22N2O4/c1-10(2)17(19(23)24)21-18(22)14-9-16(11-4-5-11)20-15-7-6-12(25-3)8-13(14)15/h6-11,17H,4-5H2,1-3H3,(H,21,22)(H,23,24). The summed E-state index contributed by atoms with van der Waals surface area (Å²) >= 11 is 0. The van der Waals surface area contributed by atoms with Crippen molar-refractivity contribution in [3.05, 3.63) is 35.5 Å². The van der Waals surface area contributed by atoms with E-state index in [4.69, 9.17) is 4.74 Å². The normalized spacial score (nSPS) is 15.2. The van der Waals surface area contributed by atoms with Gasteiger partial charge in [0.2, 0.25) is 0 Å². The molecule has 2 N–H and O–H groups in total. The molecule has 0 radical (unpaired) electrons. The number of hydrogen-bond acceptors (Lipinski definition) is 4. The van der Waals surface area contributed by atoms with Gasteiger partial charge in [-0.3, -0.25) is 9.78 Å². The number of nitrogens with one attached hydrogen (secondary N) is 1. The second-order valence-electron chi connectivity index (χ2n) is 6.79. The van der Waals surface area contributed by atoms with Gasteiger partial charge in [-0.15, -0.1) is 0 Å². The number of pyridine rings is 1. The highest BCUT2D eigenvalue weighted by Crippen LogP contribution is 2.40. The van der Waals surface area contributed by atoms with Gasteiger partial charge < -0.3 is 15.2 Å². The molecule has 1 aliphatic rings. The van der Waals surface area contributed by atoms with Crippen LogP contribution in [-0.2, 0) is 4.79 Å². The number of ether oxygens (including phenoxy) is 1. The second kappa shape index (κ2) is 6.70. The number of carbonyl (C=O) groups is 2. The molecule has 132 valence electrons. The van der Waals surface area contributed by atoms with Crippen LogP contribution in [0.3, 0.4) is 0 Å². The third-order valence-corrected chi connectivity index (χ3v) is 4.50. The van der Waals surface area contributed by atoms with Gasteiger partial charge in [-0.2, -0.15) is 0 Å². The quantitative estimate of drug-likeness (QED) is 0.842. The maximum Gasteiger partial charge on any atom is 0.326 e. The fraction of sp³-hybridized carbons (Fsp3) is 0.421. The summed E-state index contributed by atoms with van der Waals surface area (Å²) < 4.78 is 5.25. The molecule has 1 fully saturated rings. The summed E-state index contributed by atoms with van der Waals surface area (Å²) in [6, 6.07) is 6.24. The first kappa shape index (κ1) is 17.2. The monoisotopic (exact) mass is 342 g/mol. The summed E-state index contributed by atoms with van der Waals surface area (Å²) in [5.74, 6) is -0.642. The molecule has 0 aliphatic heterocycles. The number of carbonyl (C=O) groups excluding carboxylic acids is 1. The number of carboxylic acids is 1. The van der Waals surface area contributed by atoms with Gasteiger partial charge in [-0.05, 0) is 43.0 Å².